The number of halogens is 1. The summed E-state index contributed by atoms with van der Waals surface area (Å²) < 4.78 is 22.0. The van der Waals surface area contributed by atoms with Gasteiger partial charge < -0.3 is 24.3 Å². The number of aromatic nitrogens is 1. The summed E-state index contributed by atoms with van der Waals surface area (Å²) in [6, 6.07) is -0.904. The fourth-order valence-electron chi connectivity index (χ4n) is 4.14. The first-order valence-corrected chi connectivity index (χ1v) is 19.7. The quantitative estimate of drug-likeness (QED) is 0.0463. The molecule has 0 bridgehead atoms. The Morgan fingerprint density at radius 3 is 1.89 bits per heavy atom. The van der Waals surface area contributed by atoms with Gasteiger partial charge in [0.05, 0.1) is 6.04 Å². The monoisotopic (exact) mass is 826 g/mol. The molecule has 1 aromatic rings. The Hall–Kier alpha value is -3.71. The van der Waals surface area contributed by atoms with Gasteiger partial charge in [-0.1, -0.05) is 41.1 Å². The van der Waals surface area contributed by atoms with Crippen LogP contribution in [0.15, 0.2) is 10.4 Å². The van der Waals surface area contributed by atoms with E-state index < -0.39 is 52.8 Å². The summed E-state index contributed by atoms with van der Waals surface area (Å²) in [5, 5.41) is 16.3. The zero-order chi connectivity index (χ0) is 40.6. The van der Waals surface area contributed by atoms with Crippen LogP contribution in [0.3, 0.4) is 0 Å². The van der Waals surface area contributed by atoms with Gasteiger partial charge in [-0.25, -0.2) is 24.2 Å². The van der Waals surface area contributed by atoms with E-state index in [0.29, 0.717) is 30.7 Å². The Bertz CT molecular complexity index is 1460. The van der Waals surface area contributed by atoms with E-state index in [9.17, 15) is 19.2 Å². The fraction of sp³-hybridized carbons (Fsp3) is 0.703. The average Bonchev–Trinajstić information content (AvgIpc) is 3.43. The normalized spacial score (nSPS) is 12.8. The van der Waals surface area contributed by atoms with Crippen LogP contribution in [0.1, 0.15) is 139 Å². The van der Waals surface area contributed by atoms with E-state index in [1.54, 1.807) is 88.5 Å². The van der Waals surface area contributed by atoms with E-state index in [2.05, 4.69) is 43.4 Å². The molecule has 1 atom stereocenters. The van der Waals surface area contributed by atoms with Crippen molar-refractivity contribution in [3.05, 3.63) is 16.1 Å². The predicted octanol–water partition coefficient (Wildman–Crippen LogP) is 8.93. The lowest BCUT2D eigenvalue weighted by Gasteiger charge is -2.32. The van der Waals surface area contributed by atoms with Gasteiger partial charge in [0.1, 0.15) is 33.9 Å². The van der Waals surface area contributed by atoms with E-state index >= 15 is 0 Å². The standard InChI is InChI=1S/C37H59BrN6O8S/c1-34(2,3)49-30(45)42-25(20-16-13-14-18-22-38)29(44(32(47)51-36(7,8)9)33(48)52-37(10,11)12)40-23-19-15-17-21-27-41-26(24-53-27)28(39)43-31(46)50-35(4,5)6/h24-25H,13-16,18-20,22-23H2,1-12H3,(H,42,45)(H2,39,43,46). The molecule has 0 radical (unpaired) electrons. The summed E-state index contributed by atoms with van der Waals surface area (Å²) in [7, 11) is 0. The van der Waals surface area contributed by atoms with Crippen molar-refractivity contribution >= 4 is 63.3 Å². The molecule has 1 heterocycles. The van der Waals surface area contributed by atoms with Gasteiger partial charge in [-0.3, -0.25) is 15.7 Å². The first kappa shape index (κ1) is 47.3. The summed E-state index contributed by atoms with van der Waals surface area (Å²) in [6.45, 7) is 20.6. The second-order valence-corrected chi connectivity index (χ2v) is 17.7. The molecule has 4 amide bonds. The van der Waals surface area contributed by atoms with Crippen LogP contribution in [-0.2, 0) is 18.9 Å². The summed E-state index contributed by atoms with van der Waals surface area (Å²) in [5.41, 5.74) is -3.17. The molecule has 0 aliphatic heterocycles. The van der Waals surface area contributed by atoms with Crippen molar-refractivity contribution in [3.8, 4) is 11.8 Å². The van der Waals surface area contributed by atoms with E-state index in [1.807, 2.05) is 0 Å². The number of amides is 4. The molecule has 1 aromatic heterocycles. The molecule has 1 unspecified atom stereocenters. The summed E-state index contributed by atoms with van der Waals surface area (Å²) >= 11 is 4.68. The van der Waals surface area contributed by atoms with Gasteiger partial charge >= 0.3 is 24.4 Å². The van der Waals surface area contributed by atoms with Gasteiger partial charge in [0, 0.05) is 23.7 Å². The van der Waals surface area contributed by atoms with Gasteiger partial charge in [0.15, 0.2) is 10.8 Å². The number of nitrogens with one attached hydrogen (secondary N) is 3. The lowest BCUT2D eigenvalue weighted by atomic mass is 10.1. The Morgan fingerprint density at radius 1 is 0.830 bits per heavy atom. The van der Waals surface area contributed by atoms with Crippen molar-refractivity contribution in [2.24, 2.45) is 4.99 Å². The predicted molar refractivity (Wildman–Crippen MR) is 211 cm³/mol. The molecule has 0 fully saturated rings. The maximum Gasteiger partial charge on any atom is 0.425 e. The number of thiazole rings is 1. The lowest BCUT2D eigenvalue weighted by Crippen LogP contribution is -2.55. The Labute approximate surface area is 327 Å². The minimum absolute atomic E-state index is 0.0339. The van der Waals surface area contributed by atoms with Crippen molar-refractivity contribution in [3.63, 3.8) is 0 Å². The third-order valence-corrected chi connectivity index (χ3v) is 7.39. The van der Waals surface area contributed by atoms with Crippen LogP contribution < -0.4 is 10.6 Å². The molecular weight excluding hydrogens is 768 g/mol. The van der Waals surface area contributed by atoms with Gasteiger partial charge in [-0.2, -0.15) is 4.90 Å². The van der Waals surface area contributed by atoms with Crippen LogP contribution >= 0.6 is 27.3 Å². The number of alkyl carbamates (subject to hydrolysis) is 2. The summed E-state index contributed by atoms with van der Waals surface area (Å²) in [5.74, 6) is 5.75. The van der Waals surface area contributed by atoms with Crippen molar-refractivity contribution in [2.45, 2.75) is 156 Å². The number of imide groups is 1. The van der Waals surface area contributed by atoms with E-state index in [1.165, 1.54) is 11.3 Å². The zero-order valence-electron chi connectivity index (χ0n) is 33.4. The molecular formula is C37H59BrN6O8S. The number of nitrogens with zero attached hydrogens (tertiary/aromatic N) is 3. The average molecular weight is 828 g/mol. The lowest BCUT2D eigenvalue weighted by molar-refractivity contribution is 0.0133. The number of hydrogen-bond acceptors (Lipinski definition) is 12. The molecule has 53 heavy (non-hydrogen) atoms. The number of amidine groups is 2. The number of alkyl halides is 1. The Balaban J connectivity index is 3.42. The molecule has 0 spiro atoms. The molecule has 14 nitrogen and oxygen atoms in total. The highest BCUT2D eigenvalue weighted by Gasteiger charge is 2.39. The largest absolute Gasteiger partial charge is 0.444 e. The third kappa shape index (κ3) is 21.6. The third-order valence-electron chi connectivity index (χ3n) is 6.08. The maximum absolute atomic E-state index is 13.7. The van der Waals surface area contributed by atoms with Crippen LogP contribution in [0, 0.1) is 17.3 Å². The molecule has 0 saturated heterocycles. The SMILES string of the molecule is CC(C)(C)OC(=O)NC(=N)c1csc(C#CCCCN=C(C(CCCCCCBr)NC(=O)OC(C)(C)C)N(C(=O)OC(C)(C)C)C(=O)OC(C)(C)C)n1. The molecule has 0 aliphatic carbocycles. The topological polar surface area (TPSA) is 182 Å². The first-order chi connectivity index (χ1) is 24.3. The molecule has 0 saturated carbocycles. The van der Waals surface area contributed by atoms with Crippen molar-refractivity contribution < 1.29 is 38.1 Å². The smallest absolute Gasteiger partial charge is 0.425 e. The van der Waals surface area contributed by atoms with E-state index in [4.69, 9.17) is 29.3 Å². The fourth-order valence-corrected chi connectivity index (χ4v) is 5.21. The summed E-state index contributed by atoms with van der Waals surface area (Å²) in [4.78, 5) is 62.4. The summed E-state index contributed by atoms with van der Waals surface area (Å²) in [6.07, 6.45) is 1.10. The highest BCUT2D eigenvalue weighted by atomic mass is 79.9. The molecule has 1 rings (SSSR count). The molecule has 0 aromatic carbocycles. The van der Waals surface area contributed by atoms with Crippen LogP contribution in [0.5, 0.6) is 0 Å². The molecule has 0 aliphatic rings. The van der Waals surface area contributed by atoms with E-state index in [0.717, 1.165) is 29.5 Å². The van der Waals surface area contributed by atoms with Crippen LogP contribution in [0.4, 0.5) is 19.2 Å². The van der Waals surface area contributed by atoms with Crippen molar-refractivity contribution in [1.29, 1.82) is 5.41 Å². The second kappa shape index (κ2) is 21.2. The van der Waals surface area contributed by atoms with Gasteiger partial charge in [0.2, 0.25) is 0 Å². The number of carbonyl (C=O) groups excluding carboxylic acids is 4. The van der Waals surface area contributed by atoms with Crippen molar-refractivity contribution in [1.82, 2.24) is 20.5 Å². The number of rotatable bonds is 12. The molecule has 3 N–H and O–H groups in total. The number of carbonyl (C=O) groups is 4. The Morgan fingerprint density at radius 2 is 1.36 bits per heavy atom. The number of hydrogen-bond donors (Lipinski definition) is 3. The highest BCUT2D eigenvalue weighted by molar-refractivity contribution is 9.09. The van der Waals surface area contributed by atoms with Gasteiger partial charge in [0.25, 0.3) is 0 Å². The first-order valence-electron chi connectivity index (χ1n) is 17.7. The maximum atomic E-state index is 13.7. The number of ether oxygens (including phenoxy) is 4. The van der Waals surface area contributed by atoms with Crippen LogP contribution in [-0.4, -0.2) is 86.2 Å². The minimum Gasteiger partial charge on any atom is -0.444 e. The van der Waals surface area contributed by atoms with Gasteiger partial charge in [-0.15, -0.1) is 11.3 Å². The van der Waals surface area contributed by atoms with Crippen molar-refractivity contribution in [2.75, 3.05) is 11.9 Å². The number of unbranched alkanes of at least 4 members (excludes halogenated alkanes) is 4. The minimum atomic E-state index is -0.994. The van der Waals surface area contributed by atoms with Crippen LogP contribution in [0.25, 0.3) is 0 Å². The van der Waals surface area contributed by atoms with Gasteiger partial charge in [-0.05, 0) is 108 Å². The molecule has 16 heteroatoms. The molecule has 298 valence electrons. The number of aliphatic imine (C=N–C) groups is 1. The highest BCUT2D eigenvalue weighted by Crippen LogP contribution is 2.20. The Kier molecular flexibility index (Phi) is 19.0. The zero-order valence-corrected chi connectivity index (χ0v) is 35.8. The second-order valence-electron chi connectivity index (χ2n) is 16.1. The van der Waals surface area contributed by atoms with Crippen LogP contribution in [0.2, 0.25) is 0 Å². The van der Waals surface area contributed by atoms with E-state index in [-0.39, 0.29) is 23.9 Å².